The fourth-order valence-corrected chi connectivity index (χ4v) is 4.28. The number of hydrogen-bond acceptors (Lipinski definition) is 7. The fourth-order valence-electron chi connectivity index (χ4n) is 3.01. The van der Waals surface area contributed by atoms with E-state index in [1.54, 1.807) is 11.9 Å². The number of carbonyl (C=O) groups is 2. The van der Waals surface area contributed by atoms with Gasteiger partial charge in [-0.15, -0.1) is 0 Å². The molecule has 0 aliphatic carbocycles. The molecule has 0 spiro atoms. The lowest BCUT2D eigenvalue weighted by molar-refractivity contribution is -0.145. The number of nitrogens with one attached hydrogen (secondary N) is 2. The van der Waals surface area contributed by atoms with Crippen LogP contribution in [0.2, 0.25) is 0 Å². The van der Waals surface area contributed by atoms with Gasteiger partial charge in [0.15, 0.2) is 6.61 Å². The molecule has 0 aromatic heterocycles. The highest BCUT2D eigenvalue weighted by Crippen LogP contribution is 2.30. The molecule has 3 rings (SSSR count). The summed E-state index contributed by atoms with van der Waals surface area (Å²) in [6, 6.07) is 3.37. The zero-order valence-corrected chi connectivity index (χ0v) is 14.6. The monoisotopic (exact) mass is 369 g/mol. The number of nitrogens with zero attached hydrogens (tertiary/aromatic N) is 1. The Morgan fingerprint density at radius 1 is 1.44 bits per heavy atom. The van der Waals surface area contributed by atoms with E-state index >= 15 is 0 Å². The third kappa shape index (κ3) is 3.60. The number of fused-ring (bicyclic) bond motifs is 1. The first-order chi connectivity index (χ1) is 11.8. The van der Waals surface area contributed by atoms with E-state index in [2.05, 4.69) is 10.0 Å². The number of likely N-dealkylation sites (tertiary alicyclic amines) is 1. The predicted octanol–water partition coefficient (Wildman–Crippen LogP) is -0.458. The van der Waals surface area contributed by atoms with Crippen molar-refractivity contribution in [2.75, 3.05) is 32.6 Å². The lowest BCUT2D eigenvalue weighted by Crippen LogP contribution is -2.36. The molecule has 10 heteroatoms. The number of ether oxygens (including phenoxy) is 2. The number of methoxy groups -OCH3 is 1. The normalized spacial score (nSPS) is 23.5. The second kappa shape index (κ2) is 6.62. The molecule has 2 N–H and O–H groups in total. The van der Waals surface area contributed by atoms with E-state index < -0.39 is 28.1 Å². The molecule has 2 aliphatic rings. The molecule has 0 unspecified atom stereocenters. The van der Waals surface area contributed by atoms with Gasteiger partial charge in [0.25, 0.3) is 5.91 Å². The second-order valence-electron chi connectivity index (χ2n) is 6.03. The van der Waals surface area contributed by atoms with Gasteiger partial charge < -0.3 is 14.8 Å². The lowest BCUT2D eigenvalue weighted by atomic mass is 10.2. The van der Waals surface area contributed by atoms with Gasteiger partial charge in [0.2, 0.25) is 10.0 Å². The maximum atomic E-state index is 12.6. The van der Waals surface area contributed by atoms with Crippen LogP contribution in [0.3, 0.4) is 0 Å². The molecular formula is C15H19N3O6S. The number of carbonyl (C=O) groups excluding carboxylic acids is 2. The van der Waals surface area contributed by atoms with Crippen LogP contribution in [0.1, 0.15) is 6.42 Å². The number of hydrogen-bond donors (Lipinski definition) is 2. The zero-order valence-electron chi connectivity index (χ0n) is 13.8. The van der Waals surface area contributed by atoms with Gasteiger partial charge >= 0.3 is 5.97 Å². The number of likely N-dealkylation sites (N-methyl/N-ethyl adjacent to an activating group) is 1. The van der Waals surface area contributed by atoms with Crippen LogP contribution in [0, 0.1) is 0 Å². The number of benzene rings is 1. The minimum absolute atomic E-state index is 0.0150. The molecule has 25 heavy (non-hydrogen) atoms. The van der Waals surface area contributed by atoms with E-state index in [0.29, 0.717) is 24.4 Å². The van der Waals surface area contributed by atoms with E-state index in [0.717, 1.165) is 0 Å². The lowest BCUT2D eigenvalue weighted by Gasteiger charge is -2.19. The molecule has 1 aromatic rings. The van der Waals surface area contributed by atoms with Crippen molar-refractivity contribution in [1.82, 2.24) is 9.62 Å². The van der Waals surface area contributed by atoms with Crippen molar-refractivity contribution in [3.05, 3.63) is 18.2 Å². The van der Waals surface area contributed by atoms with Crippen molar-refractivity contribution < 1.29 is 27.5 Å². The van der Waals surface area contributed by atoms with Crippen LogP contribution in [0.25, 0.3) is 0 Å². The first-order valence-electron chi connectivity index (χ1n) is 7.67. The van der Waals surface area contributed by atoms with Crippen LogP contribution in [0.4, 0.5) is 5.69 Å². The van der Waals surface area contributed by atoms with Gasteiger partial charge in [0, 0.05) is 12.6 Å². The van der Waals surface area contributed by atoms with Gasteiger partial charge in [-0.1, -0.05) is 0 Å². The van der Waals surface area contributed by atoms with E-state index in [4.69, 9.17) is 9.47 Å². The highest BCUT2D eigenvalue weighted by Gasteiger charge is 2.37. The molecule has 1 saturated heterocycles. The Kier molecular flexibility index (Phi) is 4.67. The summed E-state index contributed by atoms with van der Waals surface area (Å²) in [5, 5.41) is 2.58. The molecule has 1 aromatic carbocycles. The molecule has 1 fully saturated rings. The van der Waals surface area contributed by atoms with Gasteiger partial charge in [-0.05, 0) is 31.7 Å². The first kappa shape index (κ1) is 17.6. The zero-order chi connectivity index (χ0) is 18.2. The molecule has 9 nitrogen and oxygen atoms in total. The molecule has 136 valence electrons. The molecule has 0 bridgehead atoms. The Hall–Kier alpha value is -2.17. The number of anilines is 1. The van der Waals surface area contributed by atoms with Gasteiger partial charge in [-0.2, -0.15) is 0 Å². The maximum absolute atomic E-state index is 12.6. The SMILES string of the molecule is COC(=O)[C@@H]1C[C@H](NS(=O)(=O)c2ccc3c(c2)NC(=O)CO3)CN1C. The molecule has 0 saturated carbocycles. The van der Waals surface area contributed by atoms with Crippen molar-refractivity contribution in [3.63, 3.8) is 0 Å². The molecule has 0 radical (unpaired) electrons. The van der Waals surface area contributed by atoms with Gasteiger partial charge in [0.1, 0.15) is 11.8 Å². The average Bonchev–Trinajstić information content (AvgIpc) is 2.93. The van der Waals surface area contributed by atoms with Crippen LogP contribution in [-0.2, 0) is 24.3 Å². The summed E-state index contributed by atoms with van der Waals surface area (Å²) in [6.45, 7) is 0.296. The number of amides is 1. The molecule has 2 heterocycles. The Bertz CT molecular complexity index is 809. The average molecular weight is 369 g/mol. The summed E-state index contributed by atoms with van der Waals surface area (Å²) in [4.78, 5) is 24.8. The van der Waals surface area contributed by atoms with E-state index in [-0.39, 0.29) is 17.4 Å². The Morgan fingerprint density at radius 3 is 2.92 bits per heavy atom. The minimum atomic E-state index is -3.81. The number of sulfonamides is 1. The van der Waals surface area contributed by atoms with Crippen LogP contribution < -0.4 is 14.8 Å². The Morgan fingerprint density at radius 2 is 2.20 bits per heavy atom. The largest absolute Gasteiger partial charge is 0.482 e. The first-order valence-corrected chi connectivity index (χ1v) is 9.15. The van der Waals surface area contributed by atoms with E-state index in [1.165, 1.54) is 25.3 Å². The Balaban J connectivity index is 1.76. The van der Waals surface area contributed by atoms with Crippen molar-refractivity contribution >= 4 is 27.6 Å². The molecule has 2 atom stereocenters. The summed E-state index contributed by atoms with van der Waals surface area (Å²) in [5.74, 6) is -0.309. The predicted molar refractivity (Wildman–Crippen MR) is 87.7 cm³/mol. The van der Waals surface area contributed by atoms with Gasteiger partial charge in [0.05, 0.1) is 17.7 Å². The van der Waals surface area contributed by atoms with Crippen molar-refractivity contribution in [2.24, 2.45) is 0 Å². The van der Waals surface area contributed by atoms with Crippen LogP contribution in [0.15, 0.2) is 23.1 Å². The third-order valence-corrected chi connectivity index (χ3v) is 5.76. The van der Waals surface area contributed by atoms with E-state index in [9.17, 15) is 18.0 Å². The quantitative estimate of drug-likeness (QED) is 0.691. The highest BCUT2D eigenvalue weighted by molar-refractivity contribution is 7.89. The maximum Gasteiger partial charge on any atom is 0.323 e. The van der Waals surface area contributed by atoms with Crippen LogP contribution in [-0.4, -0.2) is 64.6 Å². The molecule has 1 amide bonds. The molecule has 2 aliphatic heterocycles. The Labute approximate surface area is 145 Å². The van der Waals surface area contributed by atoms with Crippen molar-refractivity contribution in [3.8, 4) is 5.75 Å². The number of rotatable bonds is 4. The smallest absolute Gasteiger partial charge is 0.323 e. The summed E-state index contributed by atoms with van der Waals surface area (Å²) in [7, 11) is -0.769. The minimum Gasteiger partial charge on any atom is -0.482 e. The van der Waals surface area contributed by atoms with Crippen LogP contribution >= 0.6 is 0 Å². The fraction of sp³-hybridized carbons (Fsp3) is 0.467. The summed E-state index contributed by atoms with van der Waals surface area (Å²) in [6.07, 6.45) is 0.327. The van der Waals surface area contributed by atoms with E-state index in [1.807, 2.05) is 0 Å². The van der Waals surface area contributed by atoms with Crippen molar-refractivity contribution in [1.29, 1.82) is 0 Å². The third-order valence-electron chi connectivity index (χ3n) is 4.24. The second-order valence-corrected chi connectivity index (χ2v) is 7.74. The summed E-state index contributed by atoms with van der Waals surface area (Å²) < 4.78 is 37.8. The van der Waals surface area contributed by atoms with Crippen molar-refractivity contribution in [2.45, 2.75) is 23.4 Å². The number of esters is 1. The summed E-state index contributed by atoms with van der Waals surface area (Å²) >= 11 is 0. The van der Waals surface area contributed by atoms with Gasteiger partial charge in [-0.3, -0.25) is 14.5 Å². The standard InChI is InChI=1S/C15H19N3O6S/c1-18-7-9(5-12(18)15(20)23-2)17-25(21,22)10-3-4-13-11(6-10)16-14(19)8-24-13/h3-4,6,9,12,17H,5,7-8H2,1-2H3,(H,16,19)/t9-,12-/m0/s1. The highest BCUT2D eigenvalue weighted by atomic mass is 32.2. The molecular weight excluding hydrogens is 350 g/mol. The van der Waals surface area contributed by atoms with Gasteiger partial charge in [-0.25, -0.2) is 13.1 Å². The summed E-state index contributed by atoms with van der Waals surface area (Å²) in [5.41, 5.74) is 0.315. The van der Waals surface area contributed by atoms with Crippen LogP contribution in [0.5, 0.6) is 5.75 Å². The topological polar surface area (TPSA) is 114 Å².